The van der Waals surface area contributed by atoms with E-state index in [4.69, 9.17) is 8.92 Å². The van der Waals surface area contributed by atoms with E-state index in [1.165, 1.54) is 43.8 Å². The quantitative estimate of drug-likeness (QED) is 0.123. The number of carbonyl (C=O) groups is 1. The maximum Gasteiger partial charge on any atom is 0.270 e. The number of carboxylic acids is 1. The fourth-order valence-corrected chi connectivity index (χ4v) is 5.52. The second-order valence-corrected chi connectivity index (χ2v) is 10.5. The first kappa shape index (κ1) is 33.3. The Labute approximate surface area is 257 Å². The van der Waals surface area contributed by atoms with E-state index < -0.39 is 17.0 Å². The minimum atomic E-state index is -1.52. The standard InChI is InChI=1S/C28H23NO6S.C6H15N/c1-34-23-15-12-19(13-16-23)26(24-17-14-22(29(32)33)18-25(24)28(30)31)35-36-27(20-8-4-2-5-9-20)21-10-6-3-7-11-21;1-4-7(5-2)6-3/h2-18,26-27H,1H3,(H,30,31);4-6H2,1-3H3. The van der Waals surface area contributed by atoms with Crippen LogP contribution in [-0.2, 0) is 4.18 Å². The summed E-state index contributed by atoms with van der Waals surface area (Å²) < 4.78 is 11.6. The van der Waals surface area contributed by atoms with Crippen LogP contribution in [0.2, 0.25) is 0 Å². The van der Waals surface area contributed by atoms with Crippen molar-refractivity contribution in [3.05, 3.63) is 141 Å². The minimum absolute atomic E-state index is 0.211. The molecule has 0 bridgehead atoms. The van der Waals surface area contributed by atoms with E-state index in [9.17, 15) is 20.0 Å². The molecule has 0 spiro atoms. The van der Waals surface area contributed by atoms with Gasteiger partial charge in [0.2, 0.25) is 0 Å². The number of rotatable bonds is 13. The molecule has 0 amide bonds. The van der Waals surface area contributed by atoms with Gasteiger partial charge in [-0.1, -0.05) is 72.8 Å². The van der Waals surface area contributed by atoms with E-state index in [1.54, 1.807) is 36.3 Å². The summed E-state index contributed by atoms with van der Waals surface area (Å²) in [5.41, 5.74) is 2.27. The predicted octanol–water partition coefficient (Wildman–Crippen LogP) is 5.44. The number of nitrogens with one attached hydrogen (secondary N) is 1. The number of methoxy groups -OCH3 is 1. The van der Waals surface area contributed by atoms with Crippen LogP contribution in [0.25, 0.3) is 0 Å². The molecule has 0 heterocycles. The second kappa shape index (κ2) is 17.1. The van der Waals surface area contributed by atoms with Crippen molar-refractivity contribution in [2.24, 2.45) is 0 Å². The number of carboxylic acid groups (broad SMARTS) is 1. The molecule has 0 radical (unpaired) electrons. The summed E-state index contributed by atoms with van der Waals surface area (Å²) in [6.07, 6.45) is -0.857. The van der Waals surface area contributed by atoms with Gasteiger partial charge >= 0.3 is 0 Å². The normalized spacial score (nSPS) is 11.5. The van der Waals surface area contributed by atoms with Gasteiger partial charge in [-0.05, 0) is 61.2 Å². The van der Waals surface area contributed by atoms with Gasteiger partial charge < -0.3 is 23.7 Å². The third kappa shape index (κ3) is 9.41. The Kier molecular flexibility index (Phi) is 13.2. The zero-order chi connectivity index (χ0) is 31.2. The van der Waals surface area contributed by atoms with Crippen LogP contribution >= 0.6 is 12.0 Å². The largest absolute Gasteiger partial charge is 0.545 e. The average Bonchev–Trinajstić information content (AvgIpc) is 3.05. The van der Waals surface area contributed by atoms with Crippen molar-refractivity contribution >= 4 is 23.7 Å². The SMILES string of the molecule is CC[NH+](CC)CC.COc1ccc(C(OSC(c2ccccc2)c2ccccc2)c2ccc([N+](=O)[O-])cc2C(=O)[O-])cc1. The zero-order valence-corrected chi connectivity index (χ0v) is 25.7. The molecule has 1 N–H and O–H groups in total. The van der Waals surface area contributed by atoms with Crippen LogP contribution in [0.1, 0.15) is 64.7 Å². The molecule has 0 aliphatic rings. The molecule has 4 rings (SSSR count). The van der Waals surface area contributed by atoms with Crippen molar-refractivity contribution < 1.29 is 28.6 Å². The molecule has 8 nitrogen and oxygen atoms in total. The lowest BCUT2D eigenvalue weighted by Gasteiger charge is -2.24. The minimum Gasteiger partial charge on any atom is -0.545 e. The number of hydrogen-bond donors (Lipinski definition) is 1. The van der Waals surface area contributed by atoms with E-state index >= 15 is 0 Å². The van der Waals surface area contributed by atoms with E-state index in [-0.39, 0.29) is 22.1 Å². The van der Waals surface area contributed by atoms with Gasteiger partial charge in [0.05, 0.1) is 42.9 Å². The van der Waals surface area contributed by atoms with Crippen LogP contribution in [0, 0.1) is 10.1 Å². The number of ether oxygens (including phenoxy) is 1. The van der Waals surface area contributed by atoms with Crippen LogP contribution in [0.5, 0.6) is 5.75 Å². The lowest BCUT2D eigenvalue weighted by molar-refractivity contribution is -0.894. The van der Waals surface area contributed by atoms with Crippen molar-refractivity contribution in [3.63, 3.8) is 0 Å². The number of aromatic carboxylic acids is 1. The van der Waals surface area contributed by atoms with Gasteiger partial charge in [0.25, 0.3) is 5.69 Å². The van der Waals surface area contributed by atoms with Crippen LogP contribution in [0.4, 0.5) is 5.69 Å². The molecule has 0 aliphatic carbocycles. The van der Waals surface area contributed by atoms with Gasteiger partial charge in [-0.25, -0.2) is 0 Å². The first-order valence-electron chi connectivity index (χ1n) is 14.2. The zero-order valence-electron chi connectivity index (χ0n) is 24.9. The molecule has 0 saturated carbocycles. The van der Waals surface area contributed by atoms with Gasteiger partial charge in [-0.2, -0.15) is 0 Å². The number of hydrogen-bond acceptors (Lipinski definition) is 7. The topological polar surface area (TPSA) is 106 Å². The lowest BCUT2D eigenvalue weighted by Crippen LogP contribution is -3.11. The lowest BCUT2D eigenvalue weighted by atomic mass is 9.96. The smallest absolute Gasteiger partial charge is 0.270 e. The summed E-state index contributed by atoms with van der Waals surface area (Å²) >= 11 is 1.19. The van der Waals surface area contributed by atoms with Crippen molar-refractivity contribution in [3.8, 4) is 5.75 Å². The summed E-state index contributed by atoms with van der Waals surface area (Å²) in [5.74, 6) is -0.899. The van der Waals surface area contributed by atoms with Crippen molar-refractivity contribution in [1.29, 1.82) is 0 Å². The Hall–Kier alpha value is -4.18. The molecule has 4 aromatic carbocycles. The summed E-state index contributed by atoms with van der Waals surface area (Å²) in [6, 6.07) is 30.3. The third-order valence-corrected chi connectivity index (χ3v) is 8.16. The Morgan fingerprint density at radius 3 is 1.77 bits per heavy atom. The van der Waals surface area contributed by atoms with Gasteiger partial charge in [-0.15, -0.1) is 0 Å². The molecule has 4 aromatic rings. The molecule has 0 aliphatic heterocycles. The highest BCUT2D eigenvalue weighted by atomic mass is 32.2. The monoisotopic (exact) mass is 602 g/mol. The van der Waals surface area contributed by atoms with Gasteiger partial charge in [0, 0.05) is 29.7 Å². The number of carbonyl (C=O) groups excluding carboxylic acids is 1. The first-order valence-corrected chi connectivity index (χ1v) is 15.0. The van der Waals surface area contributed by atoms with E-state index in [1.807, 2.05) is 60.7 Å². The van der Waals surface area contributed by atoms with Crippen LogP contribution in [0.3, 0.4) is 0 Å². The molecule has 1 atom stereocenters. The van der Waals surface area contributed by atoms with Crippen LogP contribution in [0.15, 0.2) is 103 Å². The van der Waals surface area contributed by atoms with Gasteiger partial charge in [-0.3, -0.25) is 10.1 Å². The average molecular weight is 603 g/mol. The fraction of sp³-hybridized carbons (Fsp3) is 0.265. The molecular formula is C34H38N2O6S. The molecule has 1 unspecified atom stereocenters. The molecular weight excluding hydrogens is 564 g/mol. The third-order valence-electron chi connectivity index (χ3n) is 7.12. The van der Waals surface area contributed by atoms with Crippen LogP contribution < -0.4 is 14.7 Å². The number of nitro benzene ring substituents is 1. The highest BCUT2D eigenvalue weighted by molar-refractivity contribution is 7.95. The molecule has 0 saturated heterocycles. The van der Waals surface area contributed by atoms with E-state index in [2.05, 4.69) is 20.8 Å². The summed E-state index contributed by atoms with van der Waals surface area (Å²) in [5, 5.41) is 23.1. The van der Waals surface area contributed by atoms with Crippen molar-refractivity contribution in [2.75, 3.05) is 26.7 Å². The highest BCUT2D eigenvalue weighted by Gasteiger charge is 2.25. The molecule has 226 valence electrons. The Morgan fingerprint density at radius 2 is 1.35 bits per heavy atom. The van der Waals surface area contributed by atoms with E-state index in [0.717, 1.165) is 17.2 Å². The maximum absolute atomic E-state index is 12.0. The molecule has 9 heteroatoms. The predicted molar refractivity (Wildman–Crippen MR) is 168 cm³/mol. The summed E-state index contributed by atoms with van der Waals surface area (Å²) in [6.45, 7) is 10.5. The molecule has 0 aromatic heterocycles. The first-order chi connectivity index (χ1) is 20.8. The second-order valence-electron chi connectivity index (χ2n) is 9.67. The maximum atomic E-state index is 12.0. The van der Waals surface area contributed by atoms with Crippen LogP contribution in [-0.4, -0.2) is 37.6 Å². The molecule has 0 fully saturated rings. The number of nitro groups is 1. The molecule has 43 heavy (non-hydrogen) atoms. The number of nitrogens with zero attached hydrogens (tertiary/aromatic N) is 1. The van der Waals surface area contributed by atoms with Crippen molar-refractivity contribution in [1.82, 2.24) is 0 Å². The van der Waals surface area contributed by atoms with Gasteiger partial charge in [0.15, 0.2) is 0 Å². The summed E-state index contributed by atoms with van der Waals surface area (Å²) in [4.78, 5) is 24.3. The Bertz CT molecular complexity index is 1390. The Morgan fingerprint density at radius 1 is 0.814 bits per heavy atom. The summed E-state index contributed by atoms with van der Waals surface area (Å²) in [7, 11) is 1.55. The number of non-ortho nitro benzene ring substituents is 1. The van der Waals surface area contributed by atoms with E-state index in [0.29, 0.717) is 11.3 Å². The Balaban J connectivity index is 0.000000646. The highest BCUT2D eigenvalue weighted by Crippen LogP contribution is 2.42. The van der Waals surface area contributed by atoms with Gasteiger partial charge in [0.1, 0.15) is 11.9 Å². The van der Waals surface area contributed by atoms with Crippen molar-refractivity contribution in [2.45, 2.75) is 32.1 Å². The fourth-order valence-electron chi connectivity index (χ4n) is 4.55. The number of quaternary nitrogens is 1. The number of benzene rings is 4.